The molecule has 0 radical (unpaired) electrons. The second-order valence-corrected chi connectivity index (χ2v) is 6.48. The maximum Gasteiger partial charge on any atom is 0.191 e. The molecule has 1 atom stereocenters. The van der Waals surface area contributed by atoms with Crippen LogP contribution in [0.25, 0.3) is 0 Å². The first-order chi connectivity index (χ1) is 11.7. The highest BCUT2D eigenvalue weighted by Crippen LogP contribution is 2.17. The average Bonchev–Trinajstić information content (AvgIpc) is 2.59. The van der Waals surface area contributed by atoms with Gasteiger partial charge in [0.25, 0.3) is 0 Å². The predicted molar refractivity (Wildman–Crippen MR) is 98.7 cm³/mol. The van der Waals surface area contributed by atoms with E-state index < -0.39 is 6.10 Å². The number of aliphatic imine (C=N–C) groups is 1. The van der Waals surface area contributed by atoms with Gasteiger partial charge in [-0.3, -0.25) is 4.99 Å². The van der Waals surface area contributed by atoms with Gasteiger partial charge in [0.05, 0.1) is 6.54 Å². The van der Waals surface area contributed by atoms with Crippen molar-refractivity contribution in [2.45, 2.75) is 58.1 Å². The van der Waals surface area contributed by atoms with Gasteiger partial charge >= 0.3 is 0 Å². The van der Waals surface area contributed by atoms with Crippen molar-refractivity contribution >= 4 is 5.96 Å². The van der Waals surface area contributed by atoms with E-state index in [0.29, 0.717) is 12.6 Å². The lowest BCUT2D eigenvalue weighted by Crippen LogP contribution is -2.44. The molecule has 1 aliphatic rings. The molecule has 5 heteroatoms. The third-order valence-corrected chi connectivity index (χ3v) is 4.18. The minimum absolute atomic E-state index is 0.246. The van der Waals surface area contributed by atoms with Crippen LogP contribution in [0.2, 0.25) is 0 Å². The highest BCUT2D eigenvalue weighted by Gasteiger charge is 2.14. The second kappa shape index (κ2) is 10.2. The van der Waals surface area contributed by atoms with Crippen molar-refractivity contribution in [3.05, 3.63) is 29.8 Å². The summed E-state index contributed by atoms with van der Waals surface area (Å²) in [5.74, 6) is 1.57. The van der Waals surface area contributed by atoms with E-state index in [2.05, 4.69) is 22.5 Å². The van der Waals surface area contributed by atoms with E-state index in [1.807, 2.05) is 31.2 Å². The van der Waals surface area contributed by atoms with E-state index >= 15 is 0 Å². The molecule has 0 aromatic heterocycles. The summed E-state index contributed by atoms with van der Waals surface area (Å²) in [7, 11) is 0. The molecule has 5 nitrogen and oxygen atoms in total. The number of nitrogens with zero attached hydrogens (tertiary/aromatic N) is 1. The Morgan fingerprint density at radius 3 is 2.83 bits per heavy atom. The van der Waals surface area contributed by atoms with Gasteiger partial charge in [0.2, 0.25) is 0 Å². The molecule has 24 heavy (non-hydrogen) atoms. The van der Waals surface area contributed by atoms with Crippen LogP contribution in [-0.4, -0.2) is 42.9 Å². The first kappa shape index (κ1) is 18.6. The first-order valence-corrected chi connectivity index (χ1v) is 9.09. The van der Waals surface area contributed by atoms with Crippen LogP contribution in [0.4, 0.5) is 0 Å². The van der Waals surface area contributed by atoms with Crippen LogP contribution in [0.15, 0.2) is 29.3 Å². The zero-order chi connectivity index (χ0) is 17.2. The molecule has 0 aliphatic heterocycles. The van der Waals surface area contributed by atoms with Gasteiger partial charge in [-0.1, -0.05) is 31.4 Å². The average molecular weight is 333 g/mol. The van der Waals surface area contributed by atoms with Gasteiger partial charge in [0.1, 0.15) is 18.5 Å². The molecule has 0 spiro atoms. The van der Waals surface area contributed by atoms with E-state index in [1.54, 1.807) is 0 Å². The van der Waals surface area contributed by atoms with Crippen LogP contribution >= 0.6 is 0 Å². The minimum atomic E-state index is -0.618. The smallest absolute Gasteiger partial charge is 0.191 e. The molecule has 0 bridgehead atoms. The van der Waals surface area contributed by atoms with Crippen LogP contribution in [-0.2, 0) is 0 Å². The number of guanidine groups is 1. The van der Waals surface area contributed by atoms with Gasteiger partial charge in [0.15, 0.2) is 5.96 Å². The molecule has 1 aliphatic carbocycles. The van der Waals surface area contributed by atoms with Crippen molar-refractivity contribution in [3.8, 4) is 5.75 Å². The van der Waals surface area contributed by atoms with E-state index in [9.17, 15) is 5.11 Å². The van der Waals surface area contributed by atoms with Crippen molar-refractivity contribution < 1.29 is 9.84 Å². The monoisotopic (exact) mass is 333 g/mol. The second-order valence-electron chi connectivity index (χ2n) is 6.48. The molecule has 1 fully saturated rings. The first-order valence-electron chi connectivity index (χ1n) is 9.09. The van der Waals surface area contributed by atoms with Crippen LogP contribution in [0.5, 0.6) is 5.75 Å². The Morgan fingerprint density at radius 2 is 2.12 bits per heavy atom. The normalized spacial score (nSPS) is 17.4. The Morgan fingerprint density at radius 1 is 1.33 bits per heavy atom. The molecule has 0 amide bonds. The number of aliphatic hydroxyl groups is 1. The van der Waals surface area contributed by atoms with Crippen LogP contribution in [0, 0.1) is 6.92 Å². The fourth-order valence-corrected chi connectivity index (χ4v) is 2.91. The maximum absolute atomic E-state index is 10.1. The number of rotatable bonds is 7. The van der Waals surface area contributed by atoms with Gasteiger partial charge in [-0.15, -0.1) is 0 Å². The molecule has 0 saturated heterocycles. The lowest BCUT2D eigenvalue weighted by atomic mass is 9.96. The van der Waals surface area contributed by atoms with Crippen LogP contribution in [0.1, 0.15) is 44.6 Å². The summed E-state index contributed by atoms with van der Waals surface area (Å²) in [6, 6.07) is 8.33. The van der Waals surface area contributed by atoms with Crippen molar-refractivity contribution in [3.63, 3.8) is 0 Å². The number of ether oxygens (including phenoxy) is 1. The number of hydrogen-bond acceptors (Lipinski definition) is 3. The van der Waals surface area contributed by atoms with Crippen molar-refractivity contribution in [2.75, 3.05) is 19.7 Å². The SMILES string of the molecule is CCNC(=NCC(O)COc1cccc(C)c1)NC1CCCCC1. The fourth-order valence-electron chi connectivity index (χ4n) is 2.91. The Hall–Kier alpha value is -1.75. The maximum atomic E-state index is 10.1. The molecule has 134 valence electrons. The molecule has 1 saturated carbocycles. The number of hydrogen-bond donors (Lipinski definition) is 3. The summed E-state index contributed by atoms with van der Waals surface area (Å²) in [6.45, 7) is 5.46. The van der Waals surface area contributed by atoms with Gasteiger partial charge < -0.3 is 20.5 Å². The molecule has 1 aromatic carbocycles. The van der Waals surface area contributed by atoms with E-state index in [1.165, 1.54) is 32.1 Å². The largest absolute Gasteiger partial charge is 0.491 e. The summed E-state index contributed by atoms with van der Waals surface area (Å²) in [6.07, 6.45) is 5.68. The summed E-state index contributed by atoms with van der Waals surface area (Å²) in [4.78, 5) is 4.50. The third kappa shape index (κ3) is 6.79. The molecular formula is C19H31N3O2. The van der Waals surface area contributed by atoms with Crippen molar-refractivity contribution in [1.82, 2.24) is 10.6 Å². The highest BCUT2D eigenvalue weighted by atomic mass is 16.5. The van der Waals surface area contributed by atoms with Crippen LogP contribution < -0.4 is 15.4 Å². The zero-order valence-corrected chi connectivity index (χ0v) is 14.9. The Balaban J connectivity index is 1.78. The van der Waals surface area contributed by atoms with Gasteiger partial charge in [0, 0.05) is 12.6 Å². The lowest BCUT2D eigenvalue weighted by Gasteiger charge is -2.25. The fraction of sp³-hybridized carbons (Fsp3) is 0.632. The predicted octanol–water partition coefficient (Wildman–Crippen LogP) is 2.62. The standard InChI is InChI=1S/C19H31N3O2/c1-3-20-19(22-16-9-5-4-6-10-16)21-13-17(23)14-24-18-11-7-8-15(2)12-18/h7-8,11-12,16-17,23H,3-6,9-10,13-14H2,1-2H3,(H2,20,21,22). The van der Waals surface area contributed by atoms with Crippen LogP contribution in [0.3, 0.4) is 0 Å². The topological polar surface area (TPSA) is 65.9 Å². The lowest BCUT2D eigenvalue weighted by molar-refractivity contribution is 0.114. The number of nitrogens with one attached hydrogen (secondary N) is 2. The minimum Gasteiger partial charge on any atom is -0.491 e. The van der Waals surface area contributed by atoms with Gasteiger partial charge in [-0.05, 0) is 44.4 Å². The Bertz CT molecular complexity index is 513. The summed E-state index contributed by atoms with van der Waals surface area (Å²) in [5, 5.41) is 16.8. The third-order valence-electron chi connectivity index (χ3n) is 4.18. The summed E-state index contributed by atoms with van der Waals surface area (Å²) >= 11 is 0. The Kier molecular flexibility index (Phi) is 7.89. The summed E-state index contributed by atoms with van der Waals surface area (Å²) in [5.41, 5.74) is 1.14. The molecule has 1 unspecified atom stereocenters. The van der Waals surface area contributed by atoms with Crippen molar-refractivity contribution in [2.24, 2.45) is 4.99 Å². The van der Waals surface area contributed by atoms with Gasteiger partial charge in [-0.2, -0.15) is 0 Å². The Labute approximate surface area is 145 Å². The quantitative estimate of drug-likeness (QED) is 0.530. The molecule has 0 heterocycles. The van der Waals surface area contributed by atoms with E-state index in [4.69, 9.17) is 4.74 Å². The molecule has 2 rings (SSSR count). The van der Waals surface area contributed by atoms with Gasteiger partial charge in [-0.25, -0.2) is 0 Å². The molecular weight excluding hydrogens is 302 g/mol. The number of benzene rings is 1. The highest BCUT2D eigenvalue weighted by molar-refractivity contribution is 5.80. The van der Waals surface area contributed by atoms with E-state index in [-0.39, 0.29) is 6.61 Å². The zero-order valence-electron chi connectivity index (χ0n) is 14.9. The molecule has 1 aromatic rings. The van der Waals surface area contributed by atoms with Crippen molar-refractivity contribution in [1.29, 1.82) is 0 Å². The van der Waals surface area contributed by atoms with E-state index in [0.717, 1.165) is 23.8 Å². The number of aliphatic hydroxyl groups excluding tert-OH is 1. The molecule has 3 N–H and O–H groups in total. The summed E-state index contributed by atoms with van der Waals surface area (Å²) < 4.78 is 5.63. The number of aryl methyl sites for hydroxylation is 1.